The molecule has 0 amide bonds. The largest absolute Gasteiger partial charge is 0.367 e. The van der Waals surface area contributed by atoms with E-state index in [0.29, 0.717) is 11.9 Å². The fourth-order valence-electron chi connectivity index (χ4n) is 1.16. The summed E-state index contributed by atoms with van der Waals surface area (Å²) in [5.41, 5.74) is 5.34. The number of anilines is 1. The summed E-state index contributed by atoms with van der Waals surface area (Å²) in [5, 5.41) is 6.57. The molecule has 4 nitrogen and oxygen atoms in total. The minimum Gasteiger partial charge on any atom is -0.367 e. The van der Waals surface area contributed by atoms with Gasteiger partial charge >= 0.3 is 0 Å². The van der Waals surface area contributed by atoms with E-state index >= 15 is 0 Å². The Hall–Kier alpha value is -1.06. The van der Waals surface area contributed by atoms with Crippen molar-refractivity contribution in [1.29, 1.82) is 0 Å². The molecule has 1 saturated carbocycles. The van der Waals surface area contributed by atoms with Crippen LogP contribution >= 0.6 is 0 Å². The van der Waals surface area contributed by atoms with Crippen molar-refractivity contribution in [2.75, 3.05) is 5.73 Å². The van der Waals surface area contributed by atoms with E-state index in [9.17, 15) is 0 Å². The summed E-state index contributed by atoms with van der Waals surface area (Å²) < 4.78 is 0. The van der Waals surface area contributed by atoms with Gasteiger partial charge in [0.2, 0.25) is 5.95 Å². The minimum absolute atomic E-state index is 0.356. The zero-order valence-corrected chi connectivity index (χ0v) is 5.83. The van der Waals surface area contributed by atoms with Crippen molar-refractivity contribution in [2.45, 2.75) is 19.3 Å². The van der Waals surface area contributed by atoms with Gasteiger partial charge in [-0.15, -0.1) is 5.10 Å². The molecule has 0 saturated heterocycles. The van der Waals surface area contributed by atoms with E-state index in [1.54, 1.807) is 0 Å². The average molecular weight is 138 g/mol. The number of nitrogen functional groups attached to an aromatic ring is 1. The number of hydrogen-bond donors (Lipinski definition) is 2. The van der Waals surface area contributed by atoms with Crippen LogP contribution in [0.2, 0.25) is 0 Å². The first-order valence-electron chi connectivity index (χ1n) is 3.45. The molecule has 1 aromatic heterocycles. The van der Waals surface area contributed by atoms with Crippen LogP contribution in [-0.4, -0.2) is 15.2 Å². The van der Waals surface area contributed by atoms with E-state index in [4.69, 9.17) is 5.73 Å². The summed E-state index contributed by atoms with van der Waals surface area (Å²) in [5.74, 6) is 2.65. The molecule has 0 aliphatic heterocycles. The van der Waals surface area contributed by atoms with Gasteiger partial charge in [-0.2, -0.15) is 4.98 Å². The van der Waals surface area contributed by atoms with Gasteiger partial charge in [0.1, 0.15) is 5.82 Å². The van der Waals surface area contributed by atoms with Crippen LogP contribution in [-0.2, 0) is 0 Å². The van der Waals surface area contributed by atoms with E-state index in [0.717, 1.165) is 11.7 Å². The highest BCUT2D eigenvalue weighted by Crippen LogP contribution is 2.45. The molecule has 0 unspecified atom stereocenters. The molecule has 3 N–H and O–H groups in total. The van der Waals surface area contributed by atoms with Crippen molar-refractivity contribution in [2.24, 2.45) is 5.92 Å². The van der Waals surface area contributed by atoms with Crippen molar-refractivity contribution in [1.82, 2.24) is 15.2 Å². The number of aromatic nitrogens is 3. The molecule has 0 radical (unpaired) electrons. The normalized spacial score (nSPS) is 30.5. The lowest BCUT2D eigenvalue weighted by Crippen LogP contribution is -1.86. The van der Waals surface area contributed by atoms with Crippen LogP contribution in [0.25, 0.3) is 0 Å². The van der Waals surface area contributed by atoms with E-state index in [1.165, 1.54) is 6.42 Å². The molecule has 1 aliphatic rings. The summed E-state index contributed by atoms with van der Waals surface area (Å²) in [6.07, 6.45) is 1.22. The molecule has 1 aliphatic carbocycles. The van der Waals surface area contributed by atoms with Gasteiger partial charge in [-0.1, -0.05) is 6.92 Å². The van der Waals surface area contributed by atoms with Gasteiger partial charge in [-0.05, 0) is 12.3 Å². The highest BCUT2D eigenvalue weighted by Gasteiger charge is 2.36. The second kappa shape index (κ2) is 1.71. The number of H-pyrrole nitrogens is 1. The lowest BCUT2D eigenvalue weighted by molar-refractivity contribution is 0.848. The zero-order chi connectivity index (χ0) is 7.14. The highest BCUT2D eigenvalue weighted by molar-refractivity contribution is 5.18. The van der Waals surface area contributed by atoms with Crippen molar-refractivity contribution in [3.05, 3.63) is 5.82 Å². The van der Waals surface area contributed by atoms with Crippen molar-refractivity contribution >= 4 is 5.95 Å². The lowest BCUT2D eigenvalue weighted by Gasteiger charge is -1.84. The number of rotatable bonds is 1. The molecule has 0 aromatic carbocycles. The number of nitrogens with zero attached hydrogens (tertiary/aromatic N) is 2. The lowest BCUT2D eigenvalue weighted by atomic mass is 10.3. The predicted octanol–water partition coefficient (Wildman–Crippen LogP) is 0.510. The monoisotopic (exact) mass is 138 g/mol. The van der Waals surface area contributed by atoms with Gasteiger partial charge in [-0.25, -0.2) is 0 Å². The molecule has 1 aromatic rings. The molecule has 0 spiro atoms. The SMILES string of the molecule is C[C@@H]1C[C@H]1c1nc(N)n[nH]1. The van der Waals surface area contributed by atoms with Crippen molar-refractivity contribution in [3.63, 3.8) is 0 Å². The maximum Gasteiger partial charge on any atom is 0.239 e. The summed E-state index contributed by atoms with van der Waals surface area (Å²) in [6, 6.07) is 0. The molecule has 1 fully saturated rings. The number of hydrogen-bond acceptors (Lipinski definition) is 3. The minimum atomic E-state index is 0.356. The Morgan fingerprint density at radius 2 is 2.40 bits per heavy atom. The molecular weight excluding hydrogens is 128 g/mol. The summed E-state index contributed by atoms with van der Waals surface area (Å²) in [4.78, 5) is 4.03. The first-order valence-corrected chi connectivity index (χ1v) is 3.45. The van der Waals surface area contributed by atoms with E-state index in [2.05, 4.69) is 22.1 Å². The Morgan fingerprint density at radius 1 is 1.70 bits per heavy atom. The molecule has 0 bridgehead atoms. The first kappa shape index (κ1) is 5.70. The third-order valence-corrected chi connectivity index (χ3v) is 1.98. The topological polar surface area (TPSA) is 67.6 Å². The number of nitrogens with one attached hydrogen (secondary N) is 1. The van der Waals surface area contributed by atoms with Crippen LogP contribution in [0.15, 0.2) is 0 Å². The third kappa shape index (κ3) is 0.761. The van der Waals surface area contributed by atoms with Crippen LogP contribution in [0.4, 0.5) is 5.95 Å². The van der Waals surface area contributed by atoms with Gasteiger partial charge in [0, 0.05) is 5.92 Å². The molecule has 10 heavy (non-hydrogen) atoms. The van der Waals surface area contributed by atoms with Crippen LogP contribution in [0, 0.1) is 5.92 Å². The Morgan fingerprint density at radius 3 is 2.80 bits per heavy atom. The van der Waals surface area contributed by atoms with Gasteiger partial charge in [0.25, 0.3) is 0 Å². The Labute approximate surface area is 58.8 Å². The molecule has 2 atom stereocenters. The summed E-state index contributed by atoms with van der Waals surface area (Å²) >= 11 is 0. The fourth-order valence-corrected chi connectivity index (χ4v) is 1.16. The highest BCUT2D eigenvalue weighted by atomic mass is 15.3. The quantitative estimate of drug-likeness (QED) is 0.594. The maximum absolute atomic E-state index is 5.34. The summed E-state index contributed by atoms with van der Waals surface area (Å²) in [6.45, 7) is 2.20. The Kier molecular flexibility index (Phi) is 0.977. The zero-order valence-electron chi connectivity index (χ0n) is 5.83. The molecule has 1 heterocycles. The third-order valence-electron chi connectivity index (χ3n) is 1.98. The average Bonchev–Trinajstić information content (AvgIpc) is 2.42. The second-order valence-electron chi connectivity index (χ2n) is 2.90. The summed E-state index contributed by atoms with van der Waals surface area (Å²) in [7, 11) is 0. The van der Waals surface area contributed by atoms with Crippen molar-refractivity contribution in [3.8, 4) is 0 Å². The van der Waals surface area contributed by atoms with Gasteiger partial charge in [0.15, 0.2) is 0 Å². The number of nitrogens with two attached hydrogens (primary N) is 1. The Balaban J connectivity index is 2.20. The van der Waals surface area contributed by atoms with Gasteiger partial charge < -0.3 is 5.73 Å². The van der Waals surface area contributed by atoms with Crippen molar-refractivity contribution < 1.29 is 0 Å². The van der Waals surface area contributed by atoms with E-state index in [1.807, 2.05) is 0 Å². The van der Waals surface area contributed by atoms with Crippen LogP contribution in [0.3, 0.4) is 0 Å². The Bertz CT molecular complexity index is 242. The molecule has 54 valence electrons. The predicted molar refractivity (Wildman–Crippen MR) is 37.3 cm³/mol. The fraction of sp³-hybridized carbons (Fsp3) is 0.667. The molecule has 4 heteroatoms. The van der Waals surface area contributed by atoms with Gasteiger partial charge in [0.05, 0.1) is 0 Å². The standard InChI is InChI=1S/C6H10N4/c1-3-2-4(3)5-8-6(7)10-9-5/h3-4H,2H2,1H3,(H3,7,8,9,10)/t3-,4-/m1/s1. The van der Waals surface area contributed by atoms with Crippen LogP contribution < -0.4 is 5.73 Å². The van der Waals surface area contributed by atoms with E-state index in [-0.39, 0.29) is 0 Å². The van der Waals surface area contributed by atoms with E-state index < -0.39 is 0 Å². The van der Waals surface area contributed by atoms with Crippen LogP contribution in [0.1, 0.15) is 25.1 Å². The smallest absolute Gasteiger partial charge is 0.239 e. The molecule has 2 rings (SSSR count). The maximum atomic E-state index is 5.34. The number of aromatic amines is 1. The van der Waals surface area contributed by atoms with Crippen LogP contribution in [0.5, 0.6) is 0 Å². The molecular formula is C6H10N4. The van der Waals surface area contributed by atoms with Gasteiger partial charge in [-0.3, -0.25) is 5.10 Å². The first-order chi connectivity index (χ1) is 4.77. The second-order valence-corrected chi connectivity index (χ2v) is 2.90.